The van der Waals surface area contributed by atoms with Crippen molar-refractivity contribution in [2.24, 2.45) is 16.7 Å². The number of rotatable bonds is 27. The fourth-order valence-electron chi connectivity index (χ4n) is 4.71. The van der Waals surface area contributed by atoms with Crippen LogP contribution in [0.5, 0.6) is 0 Å². The zero-order chi connectivity index (χ0) is 28.0. The summed E-state index contributed by atoms with van der Waals surface area (Å²) < 4.78 is 27.7. The predicted octanol–water partition coefficient (Wildman–Crippen LogP) is 5.67. The number of aliphatic carboxylic acids is 2. The molecule has 2 N–H and O–H groups in total. The molecule has 1 atom stereocenters. The number of carboxylic acid groups (broad SMARTS) is 2. The molecule has 0 radical (unpaired) electrons. The van der Waals surface area contributed by atoms with Crippen LogP contribution in [0, 0.1) is 16.7 Å². The lowest BCUT2D eigenvalue weighted by Crippen LogP contribution is -2.53. The average Bonchev–Trinajstić information content (AvgIpc) is 2.87. The van der Waals surface area contributed by atoms with E-state index in [4.69, 9.17) is 23.7 Å². The second-order valence-electron chi connectivity index (χ2n) is 8.82. The Morgan fingerprint density at radius 2 is 1.05 bits per heavy atom. The minimum absolute atomic E-state index is 0.0702. The van der Waals surface area contributed by atoms with Gasteiger partial charge in [0.2, 0.25) is 0 Å². The van der Waals surface area contributed by atoms with Gasteiger partial charge in [0.05, 0.1) is 82.1 Å². The summed E-state index contributed by atoms with van der Waals surface area (Å²) in [7, 11) is 0. The van der Waals surface area contributed by atoms with Crippen molar-refractivity contribution in [3.05, 3.63) is 64.2 Å². The van der Waals surface area contributed by atoms with E-state index in [9.17, 15) is 19.8 Å². The quantitative estimate of drug-likeness (QED) is 0.103. The van der Waals surface area contributed by atoms with Crippen LogP contribution in [0.2, 0.25) is 0 Å². The minimum atomic E-state index is -1.18. The molecule has 0 bridgehead atoms. The molecule has 0 aliphatic carbocycles. The SMILES string of the molecule is C=COCCCCC(CCCCOC=C)(CC(CC(=O)O)C(=O)O)C(COC=C)(COC=C)COC=C. The van der Waals surface area contributed by atoms with Gasteiger partial charge in [0.25, 0.3) is 0 Å². The molecule has 0 spiro atoms. The first kappa shape index (κ1) is 33.6. The topological polar surface area (TPSA) is 121 Å². The number of unbranched alkanes of at least 4 members (excludes halogenated alkanes) is 2. The van der Waals surface area contributed by atoms with E-state index >= 15 is 0 Å². The van der Waals surface area contributed by atoms with Crippen LogP contribution >= 0.6 is 0 Å². The molecule has 0 aliphatic heterocycles. The summed E-state index contributed by atoms with van der Waals surface area (Å²) in [5.74, 6) is -3.50. The summed E-state index contributed by atoms with van der Waals surface area (Å²) in [4.78, 5) is 23.8. The zero-order valence-electron chi connectivity index (χ0n) is 21.9. The smallest absolute Gasteiger partial charge is 0.307 e. The summed E-state index contributed by atoms with van der Waals surface area (Å²) >= 11 is 0. The monoisotopic (exact) mass is 524 g/mol. The van der Waals surface area contributed by atoms with Gasteiger partial charge in [-0.2, -0.15) is 0 Å². The Morgan fingerprint density at radius 1 is 0.649 bits per heavy atom. The third-order valence-electron chi connectivity index (χ3n) is 6.54. The van der Waals surface area contributed by atoms with E-state index in [1.807, 2.05) is 0 Å². The van der Waals surface area contributed by atoms with Crippen molar-refractivity contribution in [2.75, 3.05) is 33.0 Å². The van der Waals surface area contributed by atoms with Gasteiger partial charge in [0.1, 0.15) is 0 Å². The van der Waals surface area contributed by atoms with Crippen LogP contribution < -0.4 is 0 Å². The highest BCUT2D eigenvalue weighted by molar-refractivity contribution is 5.77. The van der Waals surface area contributed by atoms with E-state index in [1.165, 1.54) is 31.3 Å². The van der Waals surface area contributed by atoms with Gasteiger partial charge >= 0.3 is 11.9 Å². The van der Waals surface area contributed by atoms with Crippen LogP contribution in [0.3, 0.4) is 0 Å². The van der Waals surface area contributed by atoms with Crippen LogP contribution in [0.25, 0.3) is 0 Å². The van der Waals surface area contributed by atoms with Crippen molar-refractivity contribution in [2.45, 2.75) is 51.4 Å². The molecule has 0 fully saturated rings. The molecule has 0 amide bonds. The standard InChI is InChI=1S/C28H44O9/c1-6-33-17-13-11-15-27(16-12-14-18-34-7-2,20-24(26(31)32)19-25(29)30)28(21-35-8-3,22-36-9-4)23-37-10-5/h6-10,24H,1-5,11-23H2,(H,29,30)(H,31,32). The van der Waals surface area contributed by atoms with E-state index in [1.54, 1.807) is 0 Å². The normalized spacial score (nSPS) is 11.9. The first-order valence-electron chi connectivity index (χ1n) is 12.3. The van der Waals surface area contributed by atoms with Crippen molar-refractivity contribution in [1.82, 2.24) is 0 Å². The summed E-state index contributed by atoms with van der Waals surface area (Å²) in [6.07, 6.45) is 10.0. The van der Waals surface area contributed by atoms with Crippen LogP contribution in [0.15, 0.2) is 64.2 Å². The second kappa shape index (κ2) is 19.8. The van der Waals surface area contributed by atoms with E-state index in [-0.39, 0.29) is 26.2 Å². The minimum Gasteiger partial charge on any atom is -0.502 e. The molecular weight excluding hydrogens is 480 g/mol. The Bertz CT molecular complexity index is 667. The molecule has 0 aromatic carbocycles. The summed E-state index contributed by atoms with van der Waals surface area (Å²) in [6.45, 7) is 19.3. The third-order valence-corrected chi connectivity index (χ3v) is 6.54. The molecule has 0 aliphatic rings. The van der Waals surface area contributed by atoms with Crippen LogP contribution in [0.1, 0.15) is 51.4 Å². The maximum absolute atomic E-state index is 12.2. The molecule has 0 aromatic rings. The molecule has 37 heavy (non-hydrogen) atoms. The Hall–Kier alpha value is -3.36. The number of carbonyl (C=O) groups is 2. The summed E-state index contributed by atoms with van der Waals surface area (Å²) in [5, 5.41) is 19.5. The summed E-state index contributed by atoms with van der Waals surface area (Å²) in [6, 6.07) is 0. The molecule has 0 aromatic heterocycles. The van der Waals surface area contributed by atoms with Crippen LogP contribution in [-0.4, -0.2) is 55.2 Å². The molecular formula is C28H44O9. The van der Waals surface area contributed by atoms with E-state index in [2.05, 4.69) is 32.9 Å². The van der Waals surface area contributed by atoms with Gasteiger partial charge in [-0.3, -0.25) is 9.59 Å². The lowest BCUT2D eigenvalue weighted by atomic mass is 9.56. The average molecular weight is 525 g/mol. The Balaban J connectivity index is 6.73. The van der Waals surface area contributed by atoms with Crippen molar-refractivity contribution in [3.8, 4) is 0 Å². The maximum Gasteiger partial charge on any atom is 0.307 e. The largest absolute Gasteiger partial charge is 0.502 e. The lowest BCUT2D eigenvalue weighted by molar-refractivity contribution is -0.156. The van der Waals surface area contributed by atoms with Gasteiger partial charge in [0.15, 0.2) is 0 Å². The molecule has 9 heteroatoms. The third kappa shape index (κ3) is 12.4. The first-order chi connectivity index (χ1) is 17.8. The first-order valence-corrected chi connectivity index (χ1v) is 12.3. The molecule has 9 nitrogen and oxygen atoms in total. The van der Waals surface area contributed by atoms with Gasteiger partial charge in [-0.05, 0) is 50.4 Å². The molecule has 0 rings (SSSR count). The van der Waals surface area contributed by atoms with Gasteiger partial charge in [-0.15, -0.1) is 0 Å². The number of carboxylic acids is 2. The van der Waals surface area contributed by atoms with Crippen molar-refractivity contribution in [3.63, 3.8) is 0 Å². The molecule has 0 saturated carbocycles. The fraction of sp³-hybridized carbons (Fsp3) is 0.571. The highest BCUT2D eigenvalue weighted by Gasteiger charge is 2.54. The Kier molecular flexibility index (Phi) is 18.0. The summed E-state index contributed by atoms with van der Waals surface area (Å²) in [5.41, 5.74) is -1.67. The van der Waals surface area contributed by atoms with Gasteiger partial charge in [0, 0.05) is 0 Å². The molecule has 1 unspecified atom stereocenters. The lowest BCUT2D eigenvalue weighted by Gasteiger charge is -2.51. The Labute approximate surface area is 221 Å². The second-order valence-corrected chi connectivity index (χ2v) is 8.82. The molecule has 0 heterocycles. The number of hydrogen-bond acceptors (Lipinski definition) is 7. The molecule has 210 valence electrons. The maximum atomic E-state index is 12.2. The highest BCUT2D eigenvalue weighted by atomic mass is 16.5. The molecule has 0 saturated heterocycles. The van der Waals surface area contributed by atoms with Crippen LogP contribution in [-0.2, 0) is 33.3 Å². The van der Waals surface area contributed by atoms with Gasteiger partial charge < -0.3 is 33.9 Å². The number of ether oxygens (including phenoxy) is 5. The highest BCUT2D eigenvalue weighted by Crippen LogP contribution is 2.53. The van der Waals surface area contributed by atoms with E-state index in [0.717, 1.165) is 0 Å². The van der Waals surface area contributed by atoms with Crippen molar-refractivity contribution in [1.29, 1.82) is 0 Å². The fourth-order valence-corrected chi connectivity index (χ4v) is 4.71. The Morgan fingerprint density at radius 3 is 1.38 bits per heavy atom. The van der Waals surface area contributed by atoms with Gasteiger partial charge in [-0.25, -0.2) is 0 Å². The van der Waals surface area contributed by atoms with E-state index in [0.29, 0.717) is 51.7 Å². The van der Waals surface area contributed by atoms with Gasteiger partial charge in [-0.1, -0.05) is 32.9 Å². The van der Waals surface area contributed by atoms with Crippen molar-refractivity contribution < 1.29 is 43.5 Å². The zero-order valence-corrected chi connectivity index (χ0v) is 21.9. The van der Waals surface area contributed by atoms with Crippen molar-refractivity contribution >= 4 is 11.9 Å². The predicted molar refractivity (Wildman–Crippen MR) is 141 cm³/mol. The van der Waals surface area contributed by atoms with Crippen LogP contribution in [0.4, 0.5) is 0 Å². The number of hydrogen-bond donors (Lipinski definition) is 2. The van der Waals surface area contributed by atoms with E-state index < -0.39 is 35.1 Å².